The molecule has 152 valence electrons. The standard InChI is InChI=1S/C21H26BrFN2O3/c1-21(2,3)28-20(27)24-18(13-6-7-13)5-4-9-25-10-8-14-11-16(22)17(23)12-15(14)19(25)26/h8,10-13,18H,4-7,9H2,1-3H3,(H,24,27). The lowest BCUT2D eigenvalue weighted by Gasteiger charge is -2.23. The zero-order valence-corrected chi connectivity index (χ0v) is 18.0. The monoisotopic (exact) mass is 452 g/mol. The van der Waals surface area contributed by atoms with Crippen molar-refractivity contribution in [1.82, 2.24) is 9.88 Å². The van der Waals surface area contributed by atoms with Crippen LogP contribution < -0.4 is 10.9 Å². The van der Waals surface area contributed by atoms with Gasteiger partial charge in [-0.25, -0.2) is 9.18 Å². The van der Waals surface area contributed by atoms with Gasteiger partial charge in [-0.15, -0.1) is 0 Å². The molecule has 1 unspecified atom stereocenters. The first-order valence-electron chi connectivity index (χ1n) is 9.62. The maximum absolute atomic E-state index is 13.8. The number of alkyl carbamates (subject to hydrolysis) is 1. The van der Waals surface area contributed by atoms with Crippen LogP contribution in [0.1, 0.15) is 46.5 Å². The second-order valence-electron chi connectivity index (χ2n) is 8.40. The van der Waals surface area contributed by atoms with Crippen molar-refractivity contribution >= 4 is 32.8 Å². The molecule has 7 heteroatoms. The second-order valence-corrected chi connectivity index (χ2v) is 9.25. The summed E-state index contributed by atoms with van der Waals surface area (Å²) in [6.07, 6.45) is 5.05. The molecule has 5 nitrogen and oxygen atoms in total. The van der Waals surface area contributed by atoms with Crippen LogP contribution in [0, 0.1) is 11.7 Å². The summed E-state index contributed by atoms with van der Waals surface area (Å²) in [6.45, 7) is 6.04. The molecule has 1 aliphatic carbocycles. The number of carbonyl (C=O) groups is 1. The predicted molar refractivity (Wildman–Crippen MR) is 111 cm³/mol. The van der Waals surface area contributed by atoms with Crippen LogP contribution in [0.15, 0.2) is 33.7 Å². The molecule has 2 aromatic rings. The van der Waals surface area contributed by atoms with Crippen molar-refractivity contribution in [3.63, 3.8) is 0 Å². The van der Waals surface area contributed by atoms with Crippen LogP contribution in [0.2, 0.25) is 0 Å². The SMILES string of the molecule is CC(C)(C)OC(=O)NC(CCCn1ccc2cc(Br)c(F)cc2c1=O)C1CC1. The first-order valence-corrected chi connectivity index (χ1v) is 10.4. The van der Waals surface area contributed by atoms with E-state index in [0.29, 0.717) is 27.7 Å². The largest absolute Gasteiger partial charge is 0.444 e. The summed E-state index contributed by atoms with van der Waals surface area (Å²) in [5.41, 5.74) is -0.729. The molecule has 1 saturated carbocycles. The average molecular weight is 453 g/mol. The summed E-state index contributed by atoms with van der Waals surface area (Å²) in [5.74, 6) is 0.0324. The van der Waals surface area contributed by atoms with Gasteiger partial charge >= 0.3 is 6.09 Å². The fraction of sp³-hybridized carbons (Fsp3) is 0.524. The van der Waals surface area contributed by atoms with Gasteiger partial charge in [0.25, 0.3) is 5.56 Å². The second kappa shape index (κ2) is 8.23. The van der Waals surface area contributed by atoms with E-state index in [1.807, 2.05) is 26.8 Å². The van der Waals surface area contributed by atoms with Crippen molar-refractivity contribution in [1.29, 1.82) is 0 Å². The van der Waals surface area contributed by atoms with Crippen LogP contribution in [0.4, 0.5) is 9.18 Å². The summed E-state index contributed by atoms with van der Waals surface area (Å²) in [7, 11) is 0. The number of aryl methyl sites for hydroxylation is 1. The Bertz CT molecular complexity index is 932. The van der Waals surface area contributed by atoms with Crippen molar-refractivity contribution in [2.24, 2.45) is 5.92 Å². The highest BCUT2D eigenvalue weighted by atomic mass is 79.9. The van der Waals surface area contributed by atoms with Crippen LogP contribution in [0.25, 0.3) is 10.8 Å². The third kappa shape index (κ3) is 5.34. The first-order chi connectivity index (χ1) is 13.1. The molecule has 1 aliphatic rings. The van der Waals surface area contributed by atoms with E-state index in [-0.39, 0.29) is 11.6 Å². The van der Waals surface area contributed by atoms with E-state index in [1.54, 1.807) is 16.8 Å². The van der Waals surface area contributed by atoms with Crippen molar-refractivity contribution in [2.75, 3.05) is 0 Å². The number of rotatable bonds is 6. The fourth-order valence-corrected chi connectivity index (χ4v) is 3.68. The number of pyridine rings is 1. The van der Waals surface area contributed by atoms with E-state index in [2.05, 4.69) is 21.2 Å². The minimum Gasteiger partial charge on any atom is -0.444 e. The number of ether oxygens (including phenoxy) is 1. The van der Waals surface area contributed by atoms with E-state index < -0.39 is 17.5 Å². The van der Waals surface area contributed by atoms with E-state index in [9.17, 15) is 14.0 Å². The number of hydrogen-bond acceptors (Lipinski definition) is 3. The lowest BCUT2D eigenvalue weighted by Crippen LogP contribution is -2.40. The molecule has 0 spiro atoms. The molecule has 1 atom stereocenters. The van der Waals surface area contributed by atoms with Gasteiger partial charge in [-0.05, 0) is 91.9 Å². The maximum atomic E-state index is 13.8. The molecule has 0 bridgehead atoms. The predicted octanol–water partition coefficient (Wildman–Crippen LogP) is 4.99. The van der Waals surface area contributed by atoms with E-state index in [0.717, 1.165) is 25.7 Å². The van der Waals surface area contributed by atoms with Gasteiger partial charge in [0.15, 0.2) is 0 Å². The number of carbonyl (C=O) groups excluding carboxylic acids is 1. The Kier molecular flexibility index (Phi) is 6.12. The van der Waals surface area contributed by atoms with Gasteiger partial charge in [0.05, 0.1) is 9.86 Å². The Hall–Kier alpha value is -1.89. The molecule has 1 fully saturated rings. The van der Waals surface area contributed by atoms with Gasteiger partial charge in [-0.2, -0.15) is 0 Å². The number of fused-ring (bicyclic) bond motifs is 1. The quantitative estimate of drug-likeness (QED) is 0.671. The highest BCUT2D eigenvalue weighted by Crippen LogP contribution is 2.34. The fourth-order valence-electron chi connectivity index (χ4n) is 3.32. The number of benzene rings is 1. The molecule has 1 amide bonds. The van der Waals surface area contributed by atoms with Gasteiger partial charge in [0, 0.05) is 18.8 Å². The Labute approximate surface area is 172 Å². The Morgan fingerprint density at radius 3 is 2.75 bits per heavy atom. The Morgan fingerprint density at radius 1 is 1.39 bits per heavy atom. The van der Waals surface area contributed by atoms with Crippen LogP contribution in [0.3, 0.4) is 0 Å². The molecule has 1 aromatic heterocycles. The molecule has 28 heavy (non-hydrogen) atoms. The number of aromatic nitrogens is 1. The highest BCUT2D eigenvalue weighted by Gasteiger charge is 2.33. The molecule has 1 N–H and O–H groups in total. The highest BCUT2D eigenvalue weighted by molar-refractivity contribution is 9.10. The third-order valence-electron chi connectivity index (χ3n) is 4.83. The minimum atomic E-state index is -0.527. The summed E-state index contributed by atoms with van der Waals surface area (Å²) in [5, 5.41) is 4.05. The van der Waals surface area contributed by atoms with Crippen molar-refractivity contribution in [3.05, 3.63) is 45.0 Å². The molecular weight excluding hydrogens is 427 g/mol. The Balaban J connectivity index is 1.63. The Morgan fingerprint density at radius 2 is 2.11 bits per heavy atom. The molecule has 1 aromatic carbocycles. The third-order valence-corrected chi connectivity index (χ3v) is 5.43. The van der Waals surface area contributed by atoms with Crippen molar-refractivity contribution in [3.8, 4) is 0 Å². The minimum absolute atomic E-state index is 0.0550. The zero-order valence-electron chi connectivity index (χ0n) is 16.4. The van der Waals surface area contributed by atoms with Gasteiger partial charge in [-0.1, -0.05) is 0 Å². The average Bonchev–Trinajstić information content (AvgIpc) is 3.41. The number of halogens is 2. The van der Waals surface area contributed by atoms with Crippen molar-refractivity contribution < 1.29 is 13.9 Å². The number of amides is 1. The van der Waals surface area contributed by atoms with E-state index >= 15 is 0 Å². The van der Waals surface area contributed by atoms with Gasteiger partial charge in [0.1, 0.15) is 11.4 Å². The summed E-state index contributed by atoms with van der Waals surface area (Å²) < 4.78 is 21.1. The first kappa shape index (κ1) is 20.8. The number of nitrogens with zero attached hydrogens (tertiary/aromatic N) is 1. The molecule has 1 heterocycles. The van der Waals surface area contributed by atoms with Gasteiger partial charge in [0.2, 0.25) is 0 Å². The normalized spacial score (nSPS) is 15.5. The van der Waals surface area contributed by atoms with Crippen LogP contribution in [-0.4, -0.2) is 22.3 Å². The maximum Gasteiger partial charge on any atom is 0.407 e. The molecule has 3 rings (SSSR count). The number of nitrogens with one attached hydrogen (secondary N) is 1. The van der Waals surface area contributed by atoms with Crippen LogP contribution in [-0.2, 0) is 11.3 Å². The lowest BCUT2D eigenvalue weighted by atomic mass is 10.1. The van der Waals surface area contributed by atoms with Gasteiger partial charge < -0.3 is 14.6 Å². The van der Waals surface area contributed by atoms with E-state index in [4.69, 9.17) is 4.74 Å². The van der Waals surface area contributed by atoms with Gasteiger partial charge in [-0.3, -0.25) is 4.79 Å². The smallest absolute Gasteiger partial charge is 0.407 e. The molecule has 0 radical (unpaired) electrons. The lowest BCUT2D eigenvalue weighted by molar-refractivity contribution is 0.0494. The van der Waals surface area contributed by atoms with Crippen LogP contribution in [0.5, 0.6) is 0 Å². The summed E-state index contributed by atoms with van der Waals surface area (Å²) in [6, 6.07) is 4.76. The summed E-state index contributed by atoms with van der Waals surface area (Å²) >= 11 is 3.15. The summed E-state index contributed by atoms with van der Waals surface area (Å²) in [4.78, 5) is 24.7. The van der Waals surface area contributed by atoms with E-state index in [1.165, 1.54) is 6.07 Å². The number of hydrogen-bond donors (Lipinski definition) is 1. The molecular formula is C21H26BrFN2O3. The zero-order chi connectivity index (χ0) is 20.5. The van der Waals surface area contributed by atoms with Crippen LogP contribution >= 0.6 is 15.9 Å². The topological polar surface area (TPSA) is 60.3 Å². The molecule has 0 saturated heterocycles. The van der Waals surface area contributed by atoms with Crippen molar-refractivity contribution in [2.45, 2.75) is 64.6 Å². The molecule has 0 aliphatic heterocycles.